The lowest BCUT2D eigenvalue weighted by Gasteiger charge is -2.26. The molecule has 0 aromatic heterocycles. The lowest BCUT2D eigenvalue weighted by atomic mass is 10.0. The van der Waals surface area contributed by atoms with E-state index in [2.05, 4.69) is 10.6 Å². The summed E-state index contributed by atoms with van der Waals surface area (Å²) in [7, 11) is 1.77. The van der Waals surface area contributed by atoms with Gasteiger partial charge < -0.3 is 21.1 Å². The van der Waals surface area contributed by atoms with E-state index in [0.717, 1.165) is 0 Å². The summed E-state index contributed by atoms with van der Waals surface area (Å²) in [6, 6.07) is 0. The molecule has 0 saturated heterocycles. The minimum Gasteiger partial charge on any atom is -0.481 e. The number of nitrogens with two attached hydrogens (primary N) is 1. The van der Waals surface area contributed by atoms with E-state index in [0.29, 0.717) is 12.2 Å². The number of carbonyl (C=O) groups is 2. The Hall–Kier alpha value is -1.98. The number of ether oxygens (including phenoxy) is 1. The van der Waals surface area contributed by atoms with E-state index in [9.17, 15) is 9.59 Å². The molecule has 6 nitrogen and oxygen atoms in total. The molecule has 0 aliphatic carbocycles. The first-order valence-electron chi connectivity index (χ1n) is 6.57. The van der Waals surface area contributed by atoms with Crippen molar-refractivity contribution in [2.75, 3.05) is 7.05 Å². The number of allylic oxidation sites excluding steroid dienone is 2. The Labute approximate surface area is 120 Å². The van der Waals surface area contributed by atoms with E-state index < -0.39 is 17.6 Å². The number of hydrogen-bond acceptors (Lipinski definition) is 4. The Morgan fingerprint density at radius 2 is 2.00 bits per heavy atom. The van der Waals surface area contributed by atoms with Crippen LogP contribution < -0.4 is 16.4 Å². The SMILES string of the molecule is C/C=C(\C=C/NC)OC(CC)C(=O)NC(C)(C)C(N)=O. The van der Waals surface area contributed by atoms with Crippen LogP contribution in [0.1, 0.15) is 34.1 Å². The van der Waals surface area contributed by atoms with Gasteiger partial charge in [-0.2, -0.15) is 0 Å². The molecule has 0 aliphatic heterocycles. The molecule has 6 heteroatoms. The number of nitrogens with one attached hydrogen (secondary N) is 2. The molecule has 0 aliphatic rings. The number of amides is 2. The van der Waals surface area contributed by atoms with Gasteiger partial charge in [-0.3, -0.25) is 9.59 Å². The zero-order chi connectivity index (χ0) is 15.8. The van der Waals surface area contributed by atoms with Gasteiger partial charge in [-0.05, 0) is 45.5 Å². The van der Waals surface area contributed by atoms with Gasteiger partial charge in [-0.1, -0.05) is 6.92 Å². The third-order valence-electron chi connectivity index (χ3n) is 2.69. The minimum absolute atomic E-state index is 0.367. The molecule has 4 N–H and O–H groups in total. The van der Waals surface area contributed by atoms with E-state index in [4.69, 9.17) is 10.5 Å². The van der Waals surface area contributed by atoms with Gasteiger partial charge in [-0.25, -0.2) is 0 Å². The summed E-state index contributed by atoms with van der Waals surface area (Å²) in [5.41, 5.74) is 4.12. The highest BCUT2D eigenvalue weighted by molar-refractivity contribution is 5.91. The Balaban J connectivity index is 4.80. The number of rotatable bonds is 8. The smallest absolute Gasteiger partial charge is 0.261 e. The highest BCUT2D eigenvalue weighted by atomic mass is 16.5. The summed E-state index contributed by atoms with van der Waals surface area (Å²) in [5.74, 6) is -0.395. The molecule has 1 unspecified atom stereocenters. The maximum absolute atomic E-state index is 12.1. The van der Waals surface area contributed by atoms with E-state index in [1.807, 2.05) is 13.8 Å². The lowest BCUT2D eigenvalue weighted by molar-refractivity contribution is -0.136. The molecular weight excluding hydrogens is 258 g/mol. The van der Waals surface area contributed by atoms with Crippen molar-refractivity contribution < 1.29 is 14.3 Å². The summed E-state index contributed by atoms with van der Waals surface area (Å²) < 4.78 is 5.61. The van der Waals surface area contributed by atoms with E-state index in [1.165, 1.54) is 0 Å². The van der Waals surface area contributed by atoms with Crippen LogP contribution >= 0.6 is 0 Å². The van der Waals surface area contributed by atoms with Crippen molar-refractivity contribution >= 4 is 11.8 Å². The van der Waals surface area contributed by atoms with Crippen molar-refractivity contribution in [3.05, 3.63) is 24.1 Å². The Morgan fingerprint density at radius 3 is 2.40 bits per heavy atom. The summed E-state index contributed by atoms with van der Waals surface area (Å²) >= 11 is 0. The molecule has 0 heterocycles. The van der Waals surface area contributed by atoms with Crippen LogP contribution in [0.5, 0.6) is 0 Å². The average molecular weight is 283 g/mol. The first-order valence-corrected chi connectivity index (χ1v) is 6.57. The molecule has 20 heavy (non-hydrogen) atoms. The molecule has 114 valence electrons. The average Bonchev–Trinajstić information content (AvgIpc) is 2.38. The zero-order valence-electron chi connectivity index (χ0n) is 12.8. The van der Waals surface area contributed by atoms with Gasteiger partial charge in [-0.15, -0.1) is 0 Å². The van der Waals surface area contributed by atoms with Crippen molar-refractivity contribution in [2.24, 2.45) is 5.73 Å². The van der Waals surface area contributed by atoms with Crippen LogP contribution in [0, 0.1) is 0 Å². The third-order valence-corrected chi connectivity index (χ3v) is 2.69. The Morgan fingerprint density at radius 1 is 1.40 bits per heavy atom. The van der Waals surface area contributed by atoms with Crippen molar-refractivity contribution in [3.8, 4) is 0 Å². The molecule has 2 amide bonds. The monoisotopic (exact) mass is 283 g/mol. The van der Waals surface area contributed by atoms with Crippen LogP contribution in [0.25, 0.3) is 0 Å². The molecule has 0 bridgehead atoms. The quantitative estimate of drug-likeness (QED) is 0.454. The maximum Gasteiger partial charge on any atom is 0.261 e. The molecule has 0 spiro atoms. The fourth-order valence-electron chi connectivity index (χ4n) is 1.31. The van der Waals surface area contributed by atoms with Crippen molar-refractivity contribution in [3.63, 3.8) is 0 Å². The second-order valence-corrected chi connectivity index (χ2v) is 4.81. The summed E-state index contributed by atoms with van der Waals surface area (Å²) in [6.07, 6.45) is 4.97. The second kappa shape index (κ2) is 8.24. The Bertz CT molecular complexity index is 400. The largest absolute Gasteiger partial charge is 0.481 e. The van der Waals surface area contributed by atoms with Crippen molar-refractivity contribution in [1.29, 1.82) is 0 Å². The highest BCUT2D eigenvalue weighted by Crippen LogP contribution is 2.10. The second-order valence-electron chi connectivity index (χ2n) is 4.81. The van der Waals surface area contributed by atoms with Crippen LogP contribution in [-0.2, 0) is 14.3 Å². The van der Waals surface area contributed by atoms with Crippen LogP contribution in [0.3, 0.4) is 0 Å². The molecule has 0 aromatic carbocycles. The fraction of sp³-hybridized carbons (Fsp3) is 0.571. The molecule has 0 saturated carbocycles. The predicted octanol–water partition coefficient (Wildman–Crippen LogP) is 0.799. The first kappa shape index (κ1) is 18.0. The van der Waals surface area contributed by atoms with Gasteiger partial charge in [0.1, 0.15) is 11.3 Å². The molecule has 1 atom stereocenters. The maximum atomic E-state index is 12.1. The topological polar surface area (TPSA) is 93.4 Å². The van der Waals surface area contributed by atoms with E-state index in [-0.39, 0.29) is 5.91 Å². The number of hydrogen-bond donors (Lipinski definition) is 3. The van der Waals surface area contributed by atoms with Gasteiger partial charge in [0.05, 0.1) is 0 Å². The van der Waals surface area contributed by atoms with Crippen molar-refractivity contribution in [2.45, 2.75) is 45.8 Å². The molecular formula is C14H25N3O3. The van der Waals surface area contributed by atoms with Gasteiger partial charge in [0.15, 0.2) is 6.10 Å². The lowest BCUT2D eigenvalue weighted by Crippen LogP contribution is -2.55. The highest BCUT2D eigenvalue weighted by Gasteiger charge is 2.30. The summed E-state index contributed by atoms with van der Waals surface area (Å²) in [6.45, 7) is 6.75. The van der Waals surface area contributed by atoms with Crippen molar-refractivity contribution in [1.82, 2.24) is 10.6 Å². The van der Waals surface area contributed by atoms with Crippen LogP contribution in [0.4, 0.5) is 0 Å². The van der Waals surface area contributed by atoms with E-state index >= 15 is 0 Å². The predicted molar refractivity (Wildman–Crippen MR) is 78.5 cm³/mol. The molecule has 0 aromatic rings. The normalized spacial score (nSPS) is 13.9. The third kappa shape index (κ3) is 5.77. The molecule has 0 rings (SSSR count). The van der Waals surface area contributed by atoms with Crippen LogP contribution in [0.15, 0.2) is 24.1 Å². The molecule has 0 radical (unpaired) electrons. The Kier molecular flexibility index (Phi) is 7.43. The number of primary amides is 1. The van der Waals surface area contributed by atoms with Gasteiger partial charge in [0, 0.05) is 7.05 Å². The molecule has 0 fully saturated rings. The van der Waals surface area contributed by atoms with E-state index in [1.54, 1.807) is 39.2 Å². The minimum atomic E-state index is -1.11. The van der Waals surface area contributed by atoms with Gasteiger partial charge >= 0.3 is 0 Å². The van der Waals surface area contributed by atoms with Crippen LogP contribution in [0.2, 0.25) is 0 Å². The first-order chi connectivity index (χ1) is 9.28. The fourth-order valence-corrected chi connectivity index (χ4v) is 1.31. The standard InChI is InChI=1S/C14H25N3O3/c1-6-10(8-9-16-5)20-11(7-2)12(18)17-14(3,4)13(15)19/h6,8-9,11,16H,7H2,1-5H3,(H2,15,19)(H,17,18)/b9-8-,10-6+. The summed E-state index contributed by atoms with van der Waals surface area (Å²) in [5, 5.41) is 5.43. The van der Waals surface area contributed by atoms with Gasteiger partial charge in [0.2, 0.25) is 5.91 Å². The van der Waals surface area contributed by atoms with Gasteiger partial charge in [0.25, 0.3) is 5.91 Å². The number of carbonyl (C=O) groups excluding carboxylic acids is 2. The van der Waals surface area contributed by atoms with Crippen LogP contribution in [-0.4, -0.2) is 30.5 Å². The summed E-state index contributed by atoms with van der Waals surface area (Å²) in [4.78, 5) is 23.3. The zero-order valence-corrected chi connectivity index (χ0v) is 12.8.